The van der Waals surface area contributed by atoms with E-state index in [9.17, 15) is 9.59 Å². The molecule has 0 aliphatic rings. The van der Waals surface area contributed by atoms with Crippen molar-refractivity contribution in [1.82, 2.24) is 0 Å². The Morgan fingerprint density at radius 2 is 1.57 bits per heavy atom. The maximum atomic E-state index is 11.2. The first kappa shape index (κ1) is 11.0. The highest BCUT2D eigenvalue weighted by Gasteiger charge is 2.27. The fraction of sp³-hybridized carbons (Fsp3) is 0.636. The fourth-order valence-electron chi connectivity index (χ4n) is 1.32. The molecule has 0 unspecified atom stereocenters. The standard InChI is InChI=1S/C11H16O3/c1-6(2)7-8(12)9(13)10(7)14-11(3,4)5/h6H,1-5H3. The van der Waals surface area contributed by atoms with Gasteiger partial charge in [-0.15, -0.1) is 0 Å². The molecule has 0 fully saturated rings. The van der Waals surface area contributed by atoms with E-state index in [-0.39, 0.29) is 17.1 Å². The lowest BCUT2D eigenvalue weighted by atomic mass is 9.97. The van der Waals surface area contributed by atoms with Crippen LogP contribution in [0.5, 0.6) is 5.75 Å². The molecule has 14 heavy (non-hydrogen) atoms. The molecule has 3 heteroatoms. The SMILES string of the molecule is CC(C)c1c(OC(C)(C)C)c(=O)c1=O. The molecule has 0 saturated heterocycles. The minimum atomic E-state index is -0.483. The lowest BCUT2D eigenvalue weighted by Crippen LogP contribution is -2.41. The predicted molar refractivity (Wildman–Crippen MR) is 55.8 cm³/mol. The number of hydrogen-bond donors (Lipinski definition) is 0. The summed E-state index contributed by atoms with van der Waals surface area (Å²) >= 11 is 0. The van der Waals surface area contributed by atoms with Crippen LogP contribution in [-0.4, -0.2) is 5.60 Å². The maximum absolute atomic E-state index is 11.2. The highest BCUT2D eigenvalue weighted by molar-refractivity contribution is 5.41. The molecule has 78 valence electrons. The molecule has 0 aromatic heterocycles. The summed E-state index contributed by atoms with van der Waals surface area (Å²) in [6, 6.07) is 0. The van der Waals surface area contributed by atoms with Crippen molar-refractivity contribution < 1.29 is 4.74 Å². The smallest absolute Gasteiger partial charge is 0.268 e. The van der Waals surface area contributed by atoms with Gasteiger partial charge in [0.15, 0.2) is 5.75 Å². The van der Waals surface area contributed by atoms with Gasteiger partial charge in [-0.2, -0.15) is 0 Å². The molecular weight excluding hydrogens is 180 g/mol. The Hall–Kier alpha value is -1.12. The van der Waals surface area contributed by atoms with Crippen LogP contribution in [0.3, 0.4) is 0 Å². The minimum Gasteiger partial charge on any atom is -0.483 e. The van der Waals surface area contributed by atoms with Gasteiger partial charge in [0.2, 0.25) is 5.43 Å². The highest BCUT2D eigenvalue weighted by atomic mass is 16.5. The summed E-state index contributed by atoms with van der Waals surface area (Å²) in [5.74, 6) is 0.315. The summed E-state index contributed by atoms with van der Waals surface area (Å²) in [7, 11) is 0. The van der Waals surface area contributed by atoms with Crippen molar-refractivity contribution in [3.63, 3.8) is 0 Å². The largest absolute Gasteiger partial charge is 0.483 e. The Bertz CT molecular complexity index is 401. The predicted octanol–water partition coefficient (Wildman–Crippen LogP) is 1.58. The van der Waals surface area contributed by atoms with Gasteiger partial charge in [-0.05, 0) is 26.7 Å². The van der Waals surface area contributed by atoms with E-state index in [1.54, 1.807) is 0 Å². The van der Waals surface area contributed by atoms with Crippen LogP contribution in [-0.2, 0) is 0 Å². The van der Waals surface area contributed by atoms with Crippen LogP contribution in [0.4, 0.5) is 0 Å². The van der Waals surface area contributed by atoms with Gasteiger partial charge in [0.1, 0.15) is 5.60 Å². The quantitative estimate of drug-likeness (QED) is 0.674. The van der Waals surface area contributed by atoms with Gasteiger partial charge in [0, 0.05) is 0 Å². The maximum Gasteiger partial charge on any atom is 0.268 e. The molecule has 1 aromatic carbocycles. The molecule has 0 atom stereocenters. The summed E-state index contributed by atoms with van der Waals surface area (Å²) in [4.78, 5) is 22.4. The van der Waals surface area contributed by atoms with Gasteiger partial charge < -0.3 is 4.74 Å². The molecule has 1 rings (SSSR count). The molecule has 0 heterocycles. The van der Waals surface area contributed by atoms with Gasteiger partial charge in [0.25, 0.3) is 5.43 Å². The third-order valence-corrected chi connectivity index (χ3v) is 1.89. The second-order valence-electron chi connectivity index (χ2n) is 4.77. The molecule has 1 aromatic rings. The van der Waals surface area contributed by atoms with Crippen LogP contribution in [0.25, 0.3) is 0 Å². The summed E-state index contributed by atoms with van der Waals surface area (Å²) in [6.07, 6.45) is 0. The number of ether oxygens (including phenoxy) is 1. The molecular formula is C11H16O3. The summed E-state index contributed by atoms with van der Waals surface area (Å²) in [5.41, 5.74) is -0.765. The minimum absolute atomic E-state index is 0.0533. The molecule has 0 radical (unpaired) electrons. The Labute approximate surface area is 83.4 Å². The van der Waals surface area contributed by atoms with Crippen molar-refractivity contribution in [2.45, 2.75) is 46.1 Å². The van der Waals surface area contributed by atoms with E-state index in [0.29, 0.717) is 5.56 Å². The highest BCUT2D eigenvalue weighted by Crippen LogP contribution is 2.24. The van der Waals surface area contributed by atoms with Crippen LogP contribution in [0.15, 0.2) is 9.59 Å². The summed E-state index contributed by atoms with van der Waals surface area (Å²) in [6.45, 7) is 9.33. The lowest BCUT2D eigenvalue weighted by Gasteiger charge is -2.24. The molecule has 0 N–H and O–H groups in total. The van der Waals surface area contributed by atoms with E-state index >= 15 is 0 Å². The van der Waals surface area contributed by atoms with Crippen molar-refractivity contribution in [3.8, 4) is 5.75 Å². The van der Waals surface area contributed by atoms with Crippen LogP contribution >= 0.6 is 0 Å². The first-order valence-corrected chi connectivity index (χ1v) is 4.76. The molecule has 0 saturated carbocycles. The van der Waals surface area contributed by atoms with Gasteiger partial charge >= 0.3 is 0 Å². The first-order valence-electron chi connectivity index (χ1n) is 4.76. The zero-order valence-electron chi connectivity index (χ0n) is 9.30. The lowest BCUT2D eigenvalue weighted by molar-refractivity contribution is 0.125. The van der Waals surface area contributed by atoms with Crippen molar-refractivity contribution in [1.29, 1.82) is 0 Å². The Morgan fingerprint density at radius 3 is 1.93 bits per heavy atom. The molecule has 3 nitrogen and oxygen atoms in total. The Balaban J connectivity index is 3.06. The molecule has 0 aliphatic heterocycles. The molecule has 0 bridgehead atoms. The van der Waals surface area contributed by atoms with Gasteiger partial charge in [-0.3, -0.25) is 9.59 Å². The normalized spacial score (nSPS) is 12.4. The van der Waals surface area contributed by atoms with Crippen molar-refractivity contribution in [2.75, 3.05) is 0 Å². The van der Waals surface area contributed by atoms with E-state index in [2.05, 4.69) is 0 Å². The van der Waals surface area contributed by atoms with Crippen molar-refractivity contribution >= 4 is 0 Å². The summed E-state index contributed by atoms with van der Waals surface area (Å²) < 4.78 is 5.44. The number of hydrogen-bond acceptors (Lipinski definition) is 3. The van der Waals surface area contributed by atoms with Gasteiger partial charge in [-0.1, -0.05) is 13.8 Å². The zero-order valence-corrected chi connectivity index (χ0v) is 9.30. The zero-order chi connectivity index (χ0) is 11.1. The van der Waals surface area contributed by atoms with Crippen LogP contribution in [0.1, 0.15) is 46.1 Å². The van der Waals surface area contributed by atoms with Crippen LogP contribution < -0.4 is 15.6 Å². The third-order valence-electron chi connectivity index (χ3n) is 1.89. The van der Waals surface area contributed by atoms with E-state index in [1.807, 2.05) is 34.6 Å². The monoisotopic (exact) mass is 196 g/mol. The van der Waals surface area contributed by atoms with Crippen LogP contribution in [0, 0.1) is 0 Å². The van der Waals surface area contributed by atoms with Crippen molar-refractivity contribution in [2.24, 2.45) is 0 Å². The fourth-order valence-corrected chi connectivity index (χ4v) is 1.32. The van der Waals surface area contributed by atoms with E-state index < -0.39 is 11.0 Å². The second kappa shape index (κ2) is 3.23. The summed E-state index contributed by atoms with van der Waals surface area (Å²) in [5, 5.41) is 0. The van der Waals surface area contributed by atoms with E-state index in [1.165, 1.54) is 0 Å². The van der Waals surface area contributed by atoms with Gasteiger partial charge in [0.05, 0.1) is 5.56 Å². The third kappa shape index (κ3) is 1.86. The van der Waals surface area contributed by atoms with Crippen LogP contribution in [0.2, 0.25) is 0 Å². The molecule has 0 spiro atoms. The average molecular weight is 196 g/mol. The Morgan fingerprint density at radius 1 is 1.07 bits per heavy atom. The van der Waals surface area contributed by atoms with E-state index in [4.69, 9.17) is 4.74 Å². The topological polar surface area (TPSA) is 43.4 Å². The second-order valence-corrected chi connectivity index (χ2v) is 4.77. The first-order chi connectivity index (χ1) is 6.24. The average Bonchev–Trinajstić information content (AvgIpc) is 2.00. The molecule has 0 aliphatic carbocycles. The molecule has 0 amide bonds. The van der Waals surface area contributed by atoms with Crippen molar-refractivity contribution in [3.05, 3.63) is 26.0 Å². The van der Waals surface area contributed by atoms with E-state index in [0.717, 1.165) is 0 Å². The Kier molecular flexibility index (Phi) is 2.52. The van der Waals surface area contributed by atoms with Gasteiger partial charge in [-0.25, -0.2) is 0 Å². The number of rotatable bonds is 2.